The maximum Gasteiger partial charge on any atom is 0.306 e. The SMILES string of the molecule is O=C(O)C1CCC(N2C(=O)C3CC=CCC3C2=O)C1. The van der Waals surface area contributed by atoms with Crippen LogP contribution >= 0.6 is 0 Å². The fourth-order valence-electron chi connectivity index (χ4n) is 3.60. The van der Waals surface area contributed by atoms with Gasteiger partial charge in [0, 0.05) is 6.04 Å². The van der Waals surface area contributed by atoms with Crippen LogP contribution in [0.5, 0.6) is 0 Å². The third-order valence-corrected chi connectivity index (χ3v) is 4.66. The highest BCUT2D eigenvalue weighted by Crippen LogP contribution is 2.40. The molecule has 5 nitrogen and oxygen atoms in total. The second-order valence-corrected chi connectivity index (χ2v) is 5.70. The molecule has 4 unspecified atom stereocenters. The molecule has 2 fully saturated rings. The van der Waals surface area contributed by atoms with E-state index >= 15 is 0 Å². The van der Waals surface area contributed by atoms with Gasteiger partial charge in [0.15, 0.2) is 0 Å². The lowest BCUT2D eigenvalue weighted by Crippen LogP contribution is -2.39. The molecule has 0 bridgehead atoms. The Kier molecular flexibility index (Phi) is 2.92. The molecular weight excluding hydrogens is 246 g/mol. The summed E-state index contributed by atoms with van der Waals surface area (Å²) in [7, 11) is 0. The Hall–Kier alpha value is -1.65. The van der Waals surface area contributed by atoms with Gasteiger partial charge < -0.3 is 5.11 Å². The van der Waals surface area contributed by atoms with Crippen molar-refractivity contribution in [2.75, 3.05) is 0 Å². The van der Waals surface area contributed by atoms with E-state index in [9.17, 15) is 14.4 Å². The first-order chi connectivity index (χ1) is 9.09. The van der Waals surface area contributed by atoms with Crippen molar-refractivity contribution in [1.29, 1.82) is 0 Å². The lowest BCUT2D eigenvalue weighted by molar-refractivity contribution is -0.145. The molecule has 1 N–H and O–H groups in total. The number of allylic oxidation sites excluding steroid dienone is 2. The zero-order chi connectivity index (χ0) is 13.6. The van der Waals surface area contributed by atoms with E-state index in [1.54, 1.807) is 0 Å². The third kappa shape index (κ3) is 1.88. The van der Waals surface area contributed by atoms with Gasteiger partial charge in [-0.2, -0.15) is 0 Å². The highest BCUT2D eigenvalue weighted by molar-refractivity contribution is 6.05. The van der Waals surface area contributed by atoms with E-state index in [-0.39, 0.29) is 29.7 Å². The van der Waals surface area contributed by atoms with Crippen molar-refractivity contribution in [1.82, 2.24) is 4.90 Å². The van der Waals surface area contributed by atoms with Crippen molar-refractivity contribution in [3.8, 4) is 0 Å². The fourth-order valence-corrected chi connectivity index (χ4v) is 3.60. The first kappa shape index (κ1) is 12.4. The zero-order valence-electron chi connectivity index (χ0n) is 10.6. The number of likely N-dealkylation sites (tertiary alicyclic amines) is 1. The molecule has 1 aliphatic heterocycles. The average Bonchev–Trinajstić information content (AvgIpc) is 2.96. The predicted molar refractivity (Wildman–Crippen MR) is 66.0 cm³/mol. The Morgan fingerprint density at radius 1 is 1.11 bits per heavy atom. The minimum atomic E-state index is -0.819. The lowest BCUT2D eigenvalue weighted by atomic mass is 9.85. The summed E-state index contributed by atoms with van der Waals surface area (Å²) in [6, 6.07) is -0.202. The molecule has 3 aliphatic rings. The van der Waals surface area contributed by atoms with Gasteiger partial charge in [-0.15, -0.1) is 0 Å². The molecule has 0 spiro atoms. The van der Waals surface area contributed by atoms with Crippen molar-refractivity contribution in [2.24, 2.45) is 17.8 Å². The number of nitrogens with zero attached hydrogens (tertiary/aromatic N) is 1. The normalized spacial score (nSPS) is 37.8. The standard InChI is InChI=1S/C14H17NO4/c16-12-10-3-1-2-4-11(10)13(17)15(12)9-6-5-8(7-9)14(18)19/h1-2,8-11H,3-7H2,(H,18,19). The Morgan fingerprint density at radius 3 is 2.16 bits per heavy atom. The number of carbonyl (C=O) groups excluding carboxylic acids is 2. The molecule has 102 valence electrons. The molecule has 5 heteroatoms. The van der Waals surface area contributed by atoms with Gasteiger partial charge in [0.05, 0.1) is 17.8 Å². The van der Waals surface area contributed by atoms with Crippen LogP contribution in [0.4, 0.5) is 0 Å². The quantitative estimate of drug-likeness (QED) is 0.600. The van der Waals surface area contributed by atoms with Crippen molar-refractivity contribution >= 4 is 17.8 Å². The van der Waals surface area contributed by atoms with Crippen LogP contribution in [0, 0.1) is 17.8 Å². The molecule has 2 aliphatic carbocycles. The van der Waals surface area contributed by atoms with Crippen molar-refractivity contribution in [3.63, 3.8) is 0 Å². The fraction of sp³-hybridized carbons (Fsp3) is 0.643. The van der Waals surface area contributed by atoms with Crippen LogP contribution in [0.2, 0.25) is 0 Å². The number of rotatable bonds is 2. The molecule has 4 atom stereocenters. The maximum atomic E-state index is 12.3. The van der Waals surface area contributed by atoms with E-state index in [1.807, 2.05) is 12.2 Å². The van der Waals surface area contributed by atoms with Crippen LogP contribution in [-0.4, -0.2) is 33.8 Å². The largest absolute Gasteiger partial charge is 0.481 e. The predicted octanol–water partition coefficient (Wildman–Crippen LogP) is 1.19. The number of carboxylic acids is 1. The molecule has 3 rings (SSSR count). The molecule has 2 amide bonds. The van der Waals surface area contributed by atoms with Gasteiger partial charge in [0.1, 0.15) is 0 Å². The number of carboxylic acid groups (broad SMARTS) is 1. The Labute approximate surface area is 111 Å². The highest BCUT2D eigenvalue weighted by atomic mass is 16.4. The summed E-state index contributed by atoms with van der Waals surface area (Å²) < 4.78 is 0. The van der Waals surface area contributed by atoms with Crippen LogP contribution in [0.15, 0.2) is 12.2 Å². The van der Waals surface area contributed by atoms with Crippen molar-refractivity contribution < 1.29 is 19.5 Å². The van der Waals surface area contributed by atoms with E-state index in [4.69, 9.17) is 5.11 Å². The number of amides is 2. The molecule has 0 aromatic carbocycles. The van der Waals surface area contributed by atoms with Gasteiger partial charge in [-0.3, -0.25) is 19.3 Å². The second kappa shape index (κ2) is 4.47. The zero-order valence-corrected chi connectivity index (χ0v) is 10.6. The van der Waals surface area contributed by atoms with Gasteiger partial charge in [-0.1, -0.05) is 12.2 Å². The molecule has 0 aromatic rings. The summed E-state index contributed by atoms with van der Waals surface area (Å²) >= 11 is 0. The van der Waals surface area contributed by atoms with Crippen LogP contribution in [-0.2, 0) is 14.4 Å². The van der Waals surface area contributed by atoms with Crippen molar-refractivity contribution in [3.05, 3.63) is 12.2 Å². The number of imide groups is 1. The Morgan fingerprint density at radius 2 is 1.68 bits per heavy atom. The second-order valence-electron chi connectivity index (χ2n) is 5.70. The van der Waals surface area contributed by atoms with Gasteiger partial charge in [0.2, 0.25) is 11.8 Å². The first-order valence-electron chi connectivity index (χ1n) is 6.84. The van der Waals surface area contributed by atoms with Crippen LogP contribution in [0.1, 0.15) is 32.1 Å². The number of aliphatic carboxylic acids is 1. The van der Waals surface area contributed by atoms with Crippen LogP contribution < -0.4 is 0 Å². The molecule has 1 heterocycles. The number of hydrogen-bond acceptors (Lipinski definition) is 3. The van der Waals surface area contributed by atoms with E-state index < -0.39 is 11.9 Å². The van der Waals surface area contributed by atoms with Crippen molar-refractivity contribution in [2.45, 2.75) is 38.1 Å². The molecular formula is C14H17NO4. The highest BCUT2D eigenvalue weighted by Gasteiger charge is 2.51. The smallest absolute Gasteiger partial charge is 0.306 e. The number of carbonyl (C=O) groups is 3. The Balaban J connectivity index is 1.77. The summed E-state index contributed by atoms with van der Waals surface area (Å²) in [5, 5.41) is 9.01. The lowest BCUT2D eigenvalue weighted by Gasteiger charge is -2.22. The van der Waals surface area contributed by atoms with E-state index in [2.05, 4.69) is 0 Å². The molecule has 1 saturated carbocycles. The Bertz CT molecular complexity index is 444. The van der Waals surface area contributed by atoms with Crippen LogP contribution in [0.3, 0.4) is 0 Å². The van der Waals surface area contributed by atoms with Gasteiger partial charge in [-0.25, -0.2) is 0 Å². The van der Waals surface area contributed by atoms with Gasteiger partial charge >= 0.3 is 5.97 Å². The van der Waals surface area contributed by atoms with Gasteiger partial charge in [-0.05, 0) is 32.1 Å². The maximum absolute atomic E-state index is 12.3. The minimum Gasteiger partial charge on any atom is -0.481 e. The van der Waals surface area contributed by atoms with E-state index in [0.29, 0.717) is 32.1 Å². The summed E-state index contributed by atoms with van der Waals surface area (Å²) in [5.41, 5.74) is 0. The topological polar surface area (TPSA) is 74.7 Å². The number of hydrogen-bond donors (Lipinski definition) is 1. The molecule has 0 aromatic heterocycles. The molecule has 0 radical (unpaired) electrons. The summed E-state index contributed by atoms with van der Waals surface area (Å²) in [4.78, 5) is 37.0. The third-order valence-electron chi connectivity index (χ3n) is 4.66. The van der Waals surface area contributed by atoms with Crippen LogP contribution in [0.25, 0.3) is 0 Å². The first-order valence-corrected chi connectivity index (χ1v) is 6.84. The van der Waals surface area contributed by atoms with E-state index in [1.165, 1.54) is 4.90 Å². The van der Waals surface area contributed by atoms with E-state index in [0.717, 1.165) is 0 Å². The monoisotopic (exact) mass is 263 g/mol. The van der Waals surface area contributed by atoms with Gasteiger partial charge in [0.25, 0.3) is 0 Å². The number of fused-ring (bicyclic) bond motifs is 1. The summed E-state index contributed by atoms with van der Waals surface area (Å²) in [6.07, 6.45) is 6.81. The average molecular weight is 263 g/mol. The summed E-state index contributed by atoms with van der Waals surface area (Å²) in [5.74, 6) is -1.82. The molecule has 19 heavy (non-hydrogen) atoms. The summed E-state index contributed by atoms with van der Waals surface area (Å²) in [6.45, 7) is 0. The minimum absolute atomic E-state index is 0.0876. The molecule has 1 saturated heterocycles.